The average Bonchev–Trinajstić information content (AvgIpc) is 2.58. The number of nitrogens with zero attached hydrogens (tertiary/aromatic N) is 1. The maximum atomic E-state index is 11.8. The summed E-state index contributed by atoms with van der Waals surface area (Å²) in [6.07, 6.45) is 0. The summed E-state index contributed by atoms with van der Waals surface area (Å²) in [6, 6.07) is 14.8. The topological polar surface area (TPSA) is 59.9 Å². The Morgan fingerprint density at radius 1 is 1.13 bits per heavy atom. The normalized spacial score (nSPS) is 11.0. The lowest BCUT2D eigenvalue weighted by atomic mass is 10.1. The fourth-order valence-electron chi connectivity index (χ4n) is 1.82. The van der Waals surface area contributed by atoms with Gasteiger partial charge in [0.15, 0.2) is 18.1 Å². The minimum absolute atomic E-state index is 0.141. The number of nitrogens with one attached hydrogen (secondary N) is 1. The van der Waals surface area contributed by atoms with Gasteiger partial charge in [0, 0.05) is 4.47 Å². The van der Waals surface area contributed by atoms with Crippen molar-refractivity contribution in [1.29, 1.82) is 0 Å². The molecule has 1 N–H and O–H groups in total. The van der Waals surface area contributed by atoms with Crippen LogP contribution < -0.4 is 14.9 Å². The van der Waals surface area contributed by atoms with Crippen LogP contribution in [-0.2, 0) is 4.79 Å². The molecule has 0 heterocycles. The molecule has 2 aromatic rings. The second-order valence-electron chi connectivity index (χ2n) is 4.68. The lowest BCUT2D eigenvalue weighted by molar-refractivity contribution is -0.123. The third kappa shape index (κ3) is 5.10. The van der Waals surface area contributed by atoms with Gasteiger partial charge in [0.2, 0.25) is 0 Å². The highest BCUT2D eigenvalue weighted by molar-refractivity contribution is 9.10. The van der Waals surface area contributed by atoms with Crippen molar-refractivity contribution in [3.8, 4) is 11.5 Å². The van der Waals surface area contributed by atoms with E-state index in [9.17, 15) is 4.79 Å². The third-order valence-electron chi connectivity index (χ3n) is 3.04. The van der Waals surface area contributed by atoms with E-state index in [0.29, 0.717) is 17.2 Å². The molecule has 0 bridgehead atoms. The van der Waals surface area contributed by atoms with Crippen LogP contribution in [0.15, 0.2) is 58.1 Å². The largest absolute Gasteiger partial charge is 0.493 e. The number of carbonyl (C=O) groups excluding carboxylic acids is 1. The van der Waals surface area contributed by atoms with Crippen LogP contribution in [0.4, 0.5) is 0 Å². The molecule has 0 fully saturated rings. The zero-order valence-corrected chi connectivity index (χ0v) is 14.5. The standard InChI is InChI=1S/C17H17BrN2O3/c1-12(13-7-9-14(18)10-8-13)19-20-17(21)11-23-16-6-4-3-5-15(16)22-2/h3-10H,11H2,1-2H3,(H,20,21)/b19-12+. The number of benzene rings is 2. The van der Waals surface area contributed by atoms with E-state index in [4.69, 9.17) is 9.47 Å². The molecule has 2 aromatic carbocycles. The molecule has 0 radical (unpaired) electrons. The molecular formula is C17H17BrN2O3. The number of carbonyl (C=O) groups is 1. The van der Waals surface area contributed by atoms with Gasteiger partial charge in [0.1, 0.15) is 0 Å². The monoisotopic (exact) mass is 376 g/mol. The zero-order chi connectivity index (χ0) is 16.7. The first-order valence-electron chi connectivity index (χ1n) is 6.95. The molecule has 0 aromatic heterocycles. The molecule has 120 valence electrons. The Hall–Kier alpha value is -2.34. The first kappa shape index (κ1) is 17.0. The summed E-state index contributed by atoms with van der Waals surface area (Å²) in [5.41, 5.74) is 4.12. The first-order valence-corrected chi connectivity index (χ1v) is 7.74. The van der Waals surface area contributed by atoms with Crippen molar-refractivity contribution in [2.75, 3.05) is 13.7 Å². The Morgan fingerprint density at radius 2 is 1.78 bits per heavy atom. The molecule has 0 aliphatic carbocycles. The lowest BCUT2D eigenvalue weighted by Crippen LogP contribution is -2.25. The highest BCUT2D eigenvalue weighted by atomic mass is 79.9. The molecule has 0 spiro atoms. The molecule has 0 saturated carbocycles. The van der Waals surface area contributed by atoms with Crippen LogP contribution in [-0.4, -0.2) is 25.3 Å². The third-order valence-corrected chi connectivity index (χ3v) is 3.57. The number of hydrazone groups is 1. The van der Waals surface area contributed by atoms with Crippen molar-refractivity contribution in [1.82, 2.24) is 5.43 Å². The molecule has 5 nitrogen and oxygen atoms in total. The van der Waals surface area contributed by atoms with Crippen molar-refractivity contribution in [2.24, 2.45) is 5.10 Å². The fourth-order valence-corrected chi connectivity index (χ4v) is 2.08. The van der Waals surface area contributed by atoms with Gasteiger partial charge in [-0.3, -0.25) is 4.79 Å². The number of hydrogen-bond acceptors (Lipinski definition) is 4. The maximum Gasteiger partial charge on any atom is 0.277 e. The van der Waals surface area contributed by atoms with Gasteiger partial charge in [-0.1, -0.05) is 40.2 Å². The SMILES string of the molecule is COc1ccccc1OCC(=O)N/N=C(\C)c1ccc(Br)cc1. The minimum atomic E-state index is -0.340. The van der Waals surface area contributed by atoms with E-state index >= 15 is 0 Å². The van der Waals surface area contributed by atoms with Crippen LogP contribution in [0.1, 0.15) is 12.5 Å². The predicted octanol–water partition coefficient (Wildman–Crippen LogP) is 3.38. The van der Waals surface area contributed by atoms with Gasteiger partial charge in [-0.05, 0) is 36.8 Å². The molecule has 23 heavy (non-hydrogen) atoms. The van der Waals surface area contributed by atoms with Crippen LogP contribution in [0.5, 0.6) is 11.5 Å². The zero-order valence-electron chi connectivity index (χ0n) is 12.9. The number of para-hydroxylation sites is 2. The van der Waals surface area contributed by atoms with Gasteiger partial charge in [-0.2, -0.15) is 5.10 Å². The predicted molar refractivity (Wildman–Crippen MR) is 93.0 cm³/mol. The van der Waals surface area contributed by atoms with Gasteiger partial charge >= 0.3 is 0 Å². The van der Waals surface area contributed by atoms with Crippen molar-refractivity contribution in [2.45, 2.75) is 6.92 Å². The summed E-state index contributed by atoms with van der Waals surface area (Å²) >= 11 is 3.37. The molecule has 0 unspecified atom stereocenters. The van der Waals surface area contributed by atoms with Gasteiger partial charge < -0.3 is 9.47 Å². The van der Waals surface area contributed by atoms with Crippen molar-refractivity contribution in [3.05, 3.63) is 58.6 Å². The Labute approximate surface area is 143 Å². The highest BCUT2D eigenvalue weighted by Crippen LogP contribution is 2.25. The molecule has 1 amide bonds. The molecule has 0 aliphatic rings. The number of ether oxygens (including phenoxy) is 2. The molecule has 2 rings (SSSR count). The molecule has 0 saturated heterocycles. The van der Waals surface area contributed by atoms with Gasteiger partial charge in [-0.15, -0.1) is 0 Å². The van der Waals surface area contributed by atoms with Crippen LogP contribution in [0, 0.1) is 0 Å². The van der Waals surface area contributed by atoms with Crippen LogP contribution >= 0.6 is 15.9 Å². The Balaban J connectivity index is 1.89. The summed E-state index contributed by atoms with van der Waals surface area (Å²) in [5, 5.41) is 4.07. The van der Waals surface area contributed by atoms with Gasteiger partial charge in [0.25, 0.3) is 5.91 Å². The summed E-state index contributed by atoms with van der Waals surface area (Å²) in [6.45, 7) is 1.68. The van der Waals surface area contributed by atoms with Crippen molar-refractivity contribution in [3.63, 3.8) is 0 Å². The molecule has 0 aliphatic heterocycles. The maximum absolute atomic E-state index is 11.8. The average molecular weight is 377 g/mol. The smallest absolute Gasteiger partial charge is 0.277 e. The molecule has 6 heteroatoms. The molecule has 0 atom stereocenters. The number of methoxy groups -OCH3 is 1. The van der Waals surface area contributed by atoms with E-state index < -0.39 is 0 Å². The Morgan fingerprint density at radius 3 is 2.43 bits per heavy atom. The van der Waals surface area contributed by atoms with Crippen molar-refractivity contribution < 1.29 is 14.3 Å². The van der Waals surface area contributed by atoms with Gasteiger partial charge in [-0.25, -0.2) is 5.43 Å². The highest BCUT2D eigenvalue weighted by Gasteiger charge is 2.06. The Bertz CT molecular complexity index is 699. The van der Waals surface area contributed by atoms with Crippen LogP contribution in [0.2, 0.25) is 0 Å². The summed E-state index contributed by atoms with van der Waals surface area (Å²) < 4.78 is 11.6. The fraction of sp³-hybridized carbons (Fsp3) is 0.176. The Kier molecular flexibility index (Phi) is 6.17. The van der Waals surface area contributed by atoms with Gasteiger partial charge in [0.05, 0.1) is 12.8 Å². The van der Waals surface area contributed by atoms with E-state index in [0.717, 1.165) is 10.0 Å². The second kappa shape index (κ2) is 8.33. The summed E-state index contributed by atoms with van der Waals surface area (Å²) in [7, 11) is 1.55. The number of amides is 1. The number of hydrogen-bond donors (Lipinski definition) is 1. The number of rotatable bonds is 6. The van der Waals surface area contributed by atoms with E-state index in [1.54, 1.807) is 19.2 Å². The quantitative estimate of drug-likeness (QED) is 0.620. The summed E-state index contributed by atoms with van der Waals surface area (Å²) in [5.74, 6) is 0.751. The van der Waals surface area contributed by atoms with E-state index in [1.807, 2.05) is 43.3 Å². The van der Waals surface area contributed by atoms with Crippen molar-refractivity contribution >= 4 is 27.5 Å². The van der Waals surface area contributed by atoms with E-state index in [-0.39, 0.29) is 12.5 Å². The molecular weight excluding hydrogens is 360 g/mol. The lowest BCUT2D eigenvalue weighted by Gasteiger charge is -2.09. The minimum Gasteiger partial charge on any atom is -0.493 e. The van der Waals surface area contributed by atoms with E-state index in [2.05, 4.69) is 26.5 Å². The first-order chi connectivity index (χ1) is 11.1. The van der Waals surface area contributed by atoms with Crippen LogP contribution in [0.3, 0.4) is 0 Å². The van der Waals surface area contributed by atoms with Crippen LogP contribution in [0.25, 0.3) is 0 Å². The van der Waals surface area contributed by atoms with E-state index in [1.165, 1.54) is 0 Å². The second-order valence-corrected chi connectivity index (χ2v) is 5.59. The summed E-state index contributed by atoms with van der Waals surface area (Å²) in [4.78, 5) is 11.8. The number of halogens is 1.